The molecule has 2 heterocycles. The van der Waals surface area contributed by atoms with Crippen LogP contribution < -0.4 is 14.8 Å². The average Bonchev–Trinajstić information content (AvgIpc) is 3.07. The van der Waals surface area contributed by atoms with Crippen LogP contribution in [-0.4, -0.2) is 29.4 Å². The second-order valence-corrected chi connectivity index (χ2v) is 6.73. The molecule has 0 radical (unpaired) electrons. The Hall–Kier alpha value is -3.08. The van der Waals surface area contributed by atoms with Gasteiger partial charge in [-0.3, -0.25) is 0 Å². The number of nitrogens with zero attached hydrogens (tertiary/aromatic N) is 3. The van der Waals surface area contributed by atoms with Gasteiger partial charge in [-0.15, -0.1) is 12.4 Å². The van der Waals surface area contributed by atoms with Crippen molar-refractivity contribution in [2.75, 3.05) is 13.2 Å². The highest BCUT2D eigenvalue weighted by Crippen LogP contribution is 2.34. The molecule has 0 atom stereocenters. The van der Waals surface area contributed by atoms with E-state index in [0.717, 1.165) is 30.0 Å². The lowest BCUT2D eigenvalue weighted by Gasteiger charge is -2.11. The van der Waals surface area contributed by atoms with Crippen LogP contribution in [0.2, 0.25) is 0 Å². The zero-order chi connectivity index (χ0) is 19.5. The van der Waals surface area contributed by atoms with Crippen molar-refractivity contribution in [3.63, 3.8) is 0 Å². The highest BCUT2D eigenvalue weighted by Gasteiger charge is 2.16. The maximum absolute atomic E-state index is 7.39. The summed E-state index contributed by atoms with van der Waals surface area (Å²) < 4.78 is 16.9. The maximum Gasteiger partial charge on any atom is 0.256 e. The molecule has 8 heteroatoms. The fraction of sp³-hybridized carbons (Fsp3) is 0.286. The lowest BCUT2D eigenvalue weighted by molar-refractivity contribution is 0.244. The molecular formula is C21H21ClN4O3. The van der Waals surface area contributed by atoms with Gasteiger partial charge in [0, 0.05) is 29.8 Å². The van der Waals surface area contributed by atoms with E-state index in [1.165, 1.54) is 0 Å². The zero-order valence-corrected chi connectivity index (χ0v) is 17.0. The summed E-state index contributed by atoms with van der Waals surface area (Å²) in [5.74, 6) is 2.21. The van der Waals surface area contributed by atoms with Crippen LogP contribution in [0.1, 0.15) is 19.4 Å². The maximum atomic E-state index is 7.39. The molecule has 4 rings (SSSR count). The fourth-order valence-corrected chi connectivity index (χ4v) is 2.98. The standard InChI is InChI=1S/C21H20N4O3.ClH/c1-13(2)27-18-7-6-15(10-17(18)22-3)21-24-20(25-28-21)14-4-5-16-12-23-8-9-26-19(16)11-14;/h4-7,10-11,13,23H,8-9,12H2,1-2H3;1H. The number of nitrogens with one attached hydrogen (secondary N) is 1. The minimum absolute atomic E-state index is 0. The van der Waals surface area contributed by atoms with Crippen LogP contribution in [0.25, 0.3) is 27.7 Å². The van der Waals surface area contributed by atoms with Crippen LogP contribution in [0.3, 0.4) is 0 Å². The second kappa shape index (κ2) is 8.95. The number of hydrogen-bond acceptors (Lipinski definition) is 6. The number of rotatable bonds is 4. The fourth-order valence-electron chi connectivity index (χ4n) is 2.98. The Balaban J connectivity index is 0.00000240. The Morgan fingerprint density at radius 2 is 2.00 bits per heavy atom. The summed E-state index contributed by atoms with van der Waals surface area (Å²) in [6.45, 7) is 13.5. The van der Waals surface area contributed by atoms with Crippen molar-refractivity contribution in [2.24, 2.45) is 0 Å². The molecule has 7 nitrogen and oxygen atoms in total. The van der Waals surface area contributed by atoms with E-state index in [1.807, 2.05) is 38.1 Å². The topological polar surface area (TPSA) is 73.8 Å². The Morgan fingerprint density at radius 1 is 1.17 bits per heavy atom. The molecular weight excluding hydrogens is 392 g/mol. The van der Waals surface area contributed by atoms with Crippen molar-refractivity contribution in [3.8, 4) is 34.3 Å². The van der Waals surface area contributed by atoms with Crippen LogP contribution >= 0.6 is 12.4 Å². The number of halogens is 1. The summed E-state index contributed by atoms with van der Waals surface area (Å²) in [7, 11) is 0. The van der Waals surface area contributed by atoms with Gasteiger partial charge in [0.25, 0.3) is 5.89 Å². The van der Waals surface area contributed by atoms with Gasteiger partial charge in [0.05, 0.1) is 12.7 Å². The van der Waals surface area contributed by atoms with E-state index in [1.54, 1.807) is 12.1 Å². The smallest absolute Gasteiger partial charge is 0.256 e. The van der Waals surface area contributed by atoms with Gasteiger partial charge in [-0.05, 0) is 38.1 Å². The van der Waals surface area contributed by atoms with Gasteiger partial charge in [0.2, 0.25) is 11.5 Å². The molecule has 1 aliphatic rings. The number of hydrogen-bond donors (Lipinski definition) is 1. The molecule has 1 aliphatic heterocycles. The lowest BCUT2D eigenvalue weighted by Crippen LogP contribution is -2.16. The van der Waals surface area contributed by atoms with Gasteiger partial charge >= 0.3 is 0 Å². The average molecular weight is 413 g/mol. The van der Waals surface area contributed by atoms with Gasteiger partial charge in [-0.2, -0.15) is 4.98 Å². The molecule has 1 aromatic heterocycles. The first-order valence-electron chi connectivity index (χ1n) is 9.13. The SMILES string of the molecule is Cl.[C-]#[N+]c1cc(-c2nc(-c3ccc4c(c3)OCCNC4)no2)ccc1OC(C)C. The van der Waals surface area contributed by atoms with Crippen LogP contribution in [0.5, 0.6) is 11.5 Å². The highest BCUT2D eigenvalue weighted by molar-refractivity contribution is 5.85. The molecule has 2 aromatic carbocycles. The van der Waals surface area contributed by atoms with Gasteiger partial charge < -0.3 is 19.3 Å². The first-order valence-corrected chi connectivity index (χ1v) is 9.13. The predicted molar refractivity (Wildman–Crippen MR) is 112 cm³/mol. The van der Waals surface area contributed by atoms with Crippen molar-refractivity contribution in [1.29, 1.82) is 0 Å². The molecule has 0 unspecified atom stereocenters. The van der Waals surface area contributed by atoms with Crippen molar-refractivity contribution in [2.45, 2.75) is 26.5 Å². The van der Waals surface area contributed by atoms with Crippen LogP contribution in [-0.2, 0) is 6.54 Å². The third-order valence-electron chi connectivity index (χ3n) is 4.29. The number of aromatic nitrogens is 2. The Bertz CT molecular complexity index is 1040. The lowest BCUT2D eigenvalue weighted by atomic mass is 10.1. The van der Waals surface area contributed by atoms with Crippen molar-refractivity contribution >= 4 is 18.1 Å². The van der Waals surface area contributed by atoms with Crippen LogP contribution in [0.4, 0.5) is 5.69 Å². The van der Waals surface area contributed by atoms with Crippen molar-refractivity contribution in [3.05, 3.63) is 53.4 Å². The molecule has 0 bridgehead atoms. The zero-order valence-electron chi connectivity index (χ0n) is 16.1. The molecule has 0 spiro atoms. The molecule has 1 N–H and O–H groups in total. The molecule has 0 saturated heterocycles. The molecule has 0 saturated carbocycles. The summed E-state index contributed by atoms with van der Waals surface area (Å²) in [4.78, 5) is 8.04. The van der Waals surface area contributed by atoms with Crippen molar-refractivity contribution < 1.29 is 14.0 Å². The normalized spacial score (nSPS) is 12.9. The minimum atomic E-state index is -0.00742. The third-order valence-corrected chi connectivity index (χ3v) is 4.29. The first-order chi connectivity index (χ1) is 13.6. The van der Waals surface area contributed by atoms with E-state index in [2.05, 4.69) is 20.3 Å². The van der Waals surface area contributed by atoms with Gasteiger partial charge in [0.1, 0.15) is 18.1 Å². The summed E-state index contributed by atoms with van der Waals surface area (Å²) >= 11 is 0. The Morgan fingerprint density at radius 3 is 2.79 bits per heavy atom. The monoisotopic (exact) mass is 412 g/mol. The second-order valence-electron chi connectivity index (χ2n) is 6.73. The Labute approximate surface area is 175 Å². The van der Waals surface area contributed by atoms with Gasteiger partial charge in [-0.1, -0.05) is 17.3 Å². The summed E-state index contributed by atoms with van der Waals surface area (Å²) in [5.41, 5.74) is 3.01. The third kappa shape index (κ3) is 4.50. The van der Waals surface area contributed by atoms with Gasteiger partial charge in [0.15, 0.2) is 0 Å². The predicted octanol–water partition coefficient (Wildman–Crippen LogP) is 4.65. The van der Waals surface area contributed by atoms with E-state index in [9.17, 15) is 0 Å². The largest absolute Gasteiger partial charge is 0.502 e. The quantitative estimate of drug-likeness (QED) is 0.629. The highest BCUT2D eigenvalue weighted by atomic mass is 35.5. The van der Waals surface area contributed by atoms with Crippen LogP contribution in [0, 0.1) is 6.57 Å². The molecule has 3 aromatic rings. The number of ether oxygens (including phenoxy) is 2. The first kappa shape index (κ1) is 20.6. The summed E-state index contributed by atoms with van der Waals surface area (Å²) in [6, 6.07) is 11.2. The van der Waals surface area contributed by atoms with Gasteiger partial charge in [-0.25, -0.2) is 4.85 Å². The van der Waals surface area contributed by atoms with E-state index < -0.39 is 0 Å². The van der Waals surface area contributed by atoms with E-state index in [-0.39, 0.29) is 18.5 Å². The molecule has 0 amide bonds. The number of benzene rings is 2. The van der Waals surface area contributed by atoms with E-state index >= 15 is 0 Å². The Kier molecular flexibility index (Phi) is 6.37. The van der Waals surface area contributed by atoms with E-state index in [4.69, 9.17) is 20.6 Å². The minimum Gasteiger partial charge on any atom is -0.502 e. The molecule has 0 fully saturated rings. The van der Waals surface area contributed by atoms with Crippen LogP contribution in [0.15, 0.2) is 40.9 Å². The molecule has 29 heavy (non-hydrogen) atoms. The molecule has 150 valence electrons. The number of fused-ring (bicyclic) bond motifs is 1. The summed E-state index contributed by atoms with van der Waals surface area (Å²) in [5, 5.41) is 7.40. The molecule has 0 aliphatic carbocycles. The van der Waals surface area contributed by atoms with E-state index in [0.29, 0.717) is 35.3 Å². The van der Waals surface area contributed by atoms with Crippen molar-refractivity contribution in [1.82, 2.24) is 15.5 Å². The summed E-state index contributed by atoms with van der Waals surface area (Å²) in [6.07, 6.45) is -0.00742.